The predicted octanol–water partition coefficient (Wildman–Crippen LogP) is 3.34. The van der Waals surface area contributed by atoms with Gasteiger partial charge in [0.2, 0.25) is 0 Å². The number of para-hydroxylation sites is 1. The number of nitrogens with one attached hydrogen (secondary N) is 2. The minimum absolute atomic E-state index is 0.242. The fourth-order valence-corrected chi connectivity index (χ4v) is 2.14. The number of carbonyl (C=O) groups excluding carboxylic acids is 1. The van der Waals surface area contributed by atoms with Gasteiger partial charge in [-0.05, 0) is 42.0 Å². The molecule has 0 aliphatic rings. The lowest BCUT2D eigenvalue weighted by atomic mass is 10.2. The maximum Gasteiger partial charge on any atom is 0.276 e. The van der Waals surface area contributed by atoms with E-state index in [2.05, 4.69) is 20.6 Å². The largest absolute Gasteiger partial charge is 0.379 e. The van der Waals surface area contributed by atoms with E-state index in [1.807, 2.05) is 48.5 Å². The van der Waals surface area contributed by atoms with Gasteiger partial charge in [-0.15, -0.1) is 0 Å². The van der Waals surface area contributed by atoms with E-state index in [0.717, 1.165) is 11.3 Å². The number of benzene rings is 1. The van der Waals surface area contributed by atoms with Crippen molar-refractivity contribution in [1.29, 1.82) is 0 Å². The highest BCUT2D eigenvalue weighted by molar-refractivity contribution is 6.06. The van der Waals surface area contributed by atoms with Crippen LogP contribution in [0.2, 0.25) is 0 Å². The third-order valence-corrected chi connectivity index (χ3v) is 3.29. The first-order valence-corrected chi connectivity index (χ1v) is 7.27. The smallest absolute Gasteiger partial charge is 0.276 e. The maximum atomic E-state index is 12.4. The average molecular weight is 304 g/mol. The molecule has 3 aromatic rings. The van der Waals surface area contributed by atoms with Crippen molar-refractivity contribution in [2.45, 2.75) is 6.54 Å². The van der Waals surface area contributed by atoms with Crippen molar-refractivity contribution in [3.8, 4) is 0 Å². The van der Waals surface area contributed by atoms with Gasteiger partial charge in [0, 0.05) is 30.8 Å². The molecule has 0 unspecified atom stereocenters. The van der Waals surface area contributed by atoms with Crippen molar-refractivity contribution in [2.24, 2.45) is 0 Å². The second kappa shape index (κ2) is 7.17. The summed E-state index contributed by atoms with van der Waals surface area (Å²) in [7, 11) is 0. The van der Waals surface area contributed by atoms with E-state index < -0.39 is 0 Å². The van der Waals surface area contributed by atoms with Gasteiger partial charge in [0.25, 0.3) is 5.91 Å². The van der Waals surface area contributed by atoms with Gasteiger partial charge in [0.15, 0.2) is 5.69 Å². The maximum absolute atomic E-state index is 12.4. The Kier molecular flexibility index (Phi) is 4.59. The van der Waals surface area contributed by atoms with E-state index in [1.165, 1.54) is 0 Å². The molecular weight excluding hydrogens is 288 g/mol. The summed E-state index contributed by atoms with van der Waals surface area (Å²) in [6.07, 6.45) is 5.09. The number of rotatable bonds is 5. The summed E-state index contributed by atoms with van der Waals surface area (Å²) in [6.45, 7) is 0.597. The number of aromatic nitrogens is 2. The molecule has 2 aromatic heterocycles. The topological polar surface area (TPSA) is 66.9 Å². The third-order valence-electron chi connectivity index (χ3n) is 3.29. The van der Waals surface area contributed by atoms with Crippen LogP contribution in [0.25, 0.3) is 0 Å². The van der Waals surface area contributed by atoms with Crippen LogP contribution in [0.3, 0.4) is 0 Å². The molecular formula is C18H16N4O. The van der Waals surface area contributed by atoms with Crippen LogP contribution in [0.4, 0.5) is 11.4 Å². The number of hydrogen-bond donors (Lipinski definition) is 2. The zero-order chi connectivity index (χ0) is 15.9. The van der Waals surface area contributed by atoms with Gasteiger partial charge in [-0.1, -0.05) is 18.2 Å². The number of anilines is 2. The van der Waals surface area contributed by atoms with E-state index in [9.17, 15) is 4.79 Å². The molecule has 2 N–H and O–H groups in total. The molecule has 114 valence electrons. The fraction of sp³-hybridized carbons (Fsp3) is 0.0556. The van der Waals surface area contributed by atoms with Gasteiger partial charge in [-0.3, -0.25) is 9.78 Å². The first-order chi connectivity index (χ1) is 11.3. The monoisotopic (exact) mass is 304 g/mol. The molecule has 1 amide bonds. The standard InChI is InChI=1S/C18H16N4O/c23-18(22-15-5-2-1-3-6-15)17-16(7-4-10-20-17)21-13-14-8-11-19-12-9-14/h1-12,21H,13H2,(H,22,23). The normalized spacial score (nSPS) is 10.1. The summed E-state index contributed by atoms with van der Waals surface area (Å²) >= 11 is 0. The number of pyridine rings is 2. The van der Waals surface area contributed by atoms with Crippen LogP contribution >= 0.6 is 0 Å². The summed E-state index contributed by atoms with van der Waals surface area (Å²) in [5, 5.41) is 6.09. The Hall–Kier alpha value is -3.21. The second-order valence-corrected chi connectivity index (χ2v) is 4.93. The highest BCUT2D eigenvalue weighted by Gasteiger charge is 2.12. The van der Waals surface area contributed by atoms with Gasteiger partial charge < -0.3 is 10.6 Å². The van der Waals surface area contributed by atoms with E-state index in [1.54, 1.807) is 24.7 Å². The average Bonchev–Trinajstić information content (AvgIpc) is 2.62. The summed E-state index contributed by atoms with van der Waals surface area (Å²) in [5.74, 6) is -0.242. The Morgan fingerprint density at radius 2 is 1.70 bits per heavy atom. The molecule has 0 fully saturated rings. The lowest BCUT2D eigenvalue weighted by Gasteiger charge is -2.11. The molecule has 5 nitrogen and oxygen atoms in total. The molecule has 23 heavy (non-hydrogen) atoms. The van der Waals surface area contributed by atoms with E-state index in [4.69, 9.17) is 0 Å². The van der Waals surface area contributed by atoms with Gasteiger partial charge >= 0.3 is 0 Å². The van der Waals surface area contributed by atoms with Crippen LogP contribution in [0.5, 0.6) is 0 Å². The molecule has 5 heteroatoms. The Morgan fingerprint density at radius 3 is 2.48 bits per heavy atom. The van der Waals surface area contributed by atoms with E-state index >= 15 is 0 Å². The lowest BCUT2D eigenvalue weighted by Crippen LogP contribution is -2.16. The van der Waals surface area contributed by atoms with Gasteiger partial charge in [-0.25, -0.2) is 4.98 Å². The lowest BCUT2D eigenvalue weighted by molar-refractivity contribution is 0.102. The molecule has 0 spiro atoms. The molecule has 0 aliphatic carbocycles. The van der Waals surface area contributed by atoms with Crippen LogP contribution in [0.1, 0.15) is 16.1 Å². The molecule has 0 radical (unpaired) electrons. The summed E-state index contributed by atoms with van der Waals surface area (Å²) in [4.78, 5) is 20.6. The van der Waals surface area contributed by atoms with Crippen LogP contribution < -0.4 is 10.6 Å². The SMILES string of the molecule is O=C(Nc1ccccc1)c1ncccc1NCc1ccncc1. The van der Waals surface area contributed by atoms with E-state index in [0.29, 0.717) is 17.9 Å². The van der Waals surface area contributed by atoms with Crippen molar-refractivity contribution in [1.82, 2.24) is 9.97 Å². The molecule has 0 saturated heterocycles. The molecule has 2 heterocycles. The van der Waals surface area contributed by atoms with Crippen LogP contribution in [0, 0.1) is 0 Å². The molecule has 0 saturated carbocycles. The van der Waals surface area contributed by atoms with Crippen LogP contribution in [-0.4, -0.2) is 15.9 Å². The second-order valence-electron chi connectivity index (χ2n) is 4.93. The Labute approximate surface area is 134 Å². The van der Waals surface area contributed by atoms with Crippen LogP contribution in [-0.2, 0) is 6.54 Å². The number of nitrogens with zero attached hydrogens (tertiary/aromatic N) is 2. The van der Waals surface area contributed by atoms with Crippen molar-refractivity contribution < 1.29 is 4.79 Å². The Balaban J connectivity index is 1.73. The van der Waals surface area contributed by atoms with Crippen molar-refractivity contribution in [2.75, 3.05) is 10.6 Å². The number of hydrogen-bond acceptors (Lipinski definition) is 4. The first-order valence-electron chi connectivity index (χ1n) is 7.27. The molecule has 3 rings (SSSR count). The molecule has 0 aliphatic heterocycles. The van der Waals surface area contributed by atoms with Crippen molar-refractivity contribution >= 4 is 17.3 Å². The van der Waals surface area contributed by atoms with Crippen molar-refractivity contribution in [3.05, 3.63) is 84.4 Å². The molecule has 0 bridgehead atoms. The quantitative estimate of drug-likeness (QED) is 0.758. The fourth-order valence-electron chi connectivity index (χ4n) is 2.14. The van der Waals surface area contributed by atoms with E-state index in [-0.39, 0.29) is 5.91 Å². The number of carbonyl (C=O) groups is 1. The summed E-state index contributed by atoms with van der Waals surface area (Å²) in [6, 6.07) is 16.8. The highest BCUT2D eigenvalue weighted by atomic mass is 16.1. The Morgan fingerprint density at radius 1 is 0.913 bits per heavy atom. The molecule has 0 atom stereocenters. The minimum Gasteiger partial charge on any atom is -0.379 e. The Bertz CT molecular complexity index is 775. The van der Waals surface area contributed by atoms with Gasteiger partial charge in [-0.2, -0.15) is 0 Å². The zero-order valence-corrected chi connectivity index (χ0v) is 12.4. The minimum atomic E-state index is -0.242. The first kappa shape index (κ1) is 14.7. The summed E-state index contributed by atoms with van der Waals surface area (Å²) < 4.78 is 0. The van der Waals surface area contributed by atoms with Gasteiger partial charge in [0.1, 0.15) is 0 Å². The number of amides is 1. The zero-order valence-electron chi connectivity index (χ0n) is 12.4. The van der Waals surface area contributed by atoms with Crippen molar-refractivity contribution in [3.63, 3.8) is 0 Å². The molecule has 1 aromatic carbocycles. The van der Waals surface area contributed by atoms with Gasteiger partial charge in [0.05, 0.1) is 5.69 Å². The van der Waals surface area contributed by atoms with Crippen LogP contribution in [0.15, 0.2) is 73.2 Å². The summed E-state index contributed by atoms with van der Waals surface area (Å²) in [5.41, 5.74) is 2.88. The predicted molar refractivity (Wildman–Crippen MR) is 90.2 cm³/mol. The third kappa shape index (κ3) is 3.91. The highest BCUT2D eigenvalue weighted by Crippen LogP contribution is 2.16.